The van der Waals surface area contributed by atoms with Gasteiger partial charge in [-0.3, -0.25) is 0 Å². The summed E-state index contributed by atoms with van der Waals surface area (Å²) in [6, 6.07) is 19.3. The Hall–Kier alpha value is -3.13. The van der Waals surface area contributed by atoms with Crippen molar-refractivity contribution in [3.8, 4) is 0 Å². The van der Waals surface area contributed by atoms with Crippen LogP contribution in [0.25, 0.3) is 49.0 Å². The molecule has 182 valence electrons. The molecule has 0 unspecified atom stereocenters. The summed E-state index contributed by atoms with van der Waals surface area (Å²) in [5.41, 5.74) is 10.1. The lowest BCUT2D eigenvalue weighted by atomic mass is 9.83. The fourth-order valence-corrected chi connectivity index (χ4v) is 7.18. The summed E-state index contributed by atoms with van der Waals surface area (Å²) in [7, 11) is 2.21. The van der Waals surface area contributed by atoms with Crippen molar-refractivity contribution in [3.05, 3.63) is 71.4 Å². The van der Waals surface area contributed by atoms with Crippen LogP contribution in [0.1, 0.15) is 75.5 Å². The first-order valence-corrected chi connectivity index (χ1v) is 13.8. The molecule has 0 bridgehead atoms. The van der Waals surface area contributed by atoms with Gasteiger partial charge >= 0.3 is 0 Å². The molecule has 0 aliphatic heterocycles. The molecule has 2 heteroatoms. The number of nitrogens with zero attached hydrogens (tertiary/aromatic N) is 2. The fraction of sp³-hybridized carbons (Fsp3) is 0.382. The molecule has 7 rings (SSSR count). The zero-order valence-corrected chi connectivity index (χ0v) is 22.4. The molecule has 2 nitrogen and oxygen atoms in total. The van der Waals surface area contributed by atoms with Gasteiger partial charge < -0.3 is 4.40 Å². The number of pyridine rings is 2. The van der Waals surface area contributed by atoms with E-state index in [0.717, 1.165) is 6.42 Å². The van der Waals surface area contributed by atoms with Crippen molar-refractivity contribution in [3.63, 3.8) is 0 Å². The third-order valence-electron chi connectivity index (χ3n) is 8.73. The normalized spacial score (nSPS) is 15.9. The van der Waals surface area contributed by atoms with Crippen LogP contribution in [0.15, 0.2) is 54.7 Å². The van der Waals surface area contributed by atoms with Gasteiger partial charge in [-0.2, -0.15) is 0 Å². The van der Waals surface area contributed by atoms with Crippen molar-refractivity contribution in [2.45, 2.75) is 72.1 Å². The standard InChI is InChI=1S/C34H37N2/c1-21-11-13-27-26-14-12-22(20-34(2,3)4)17-28(26)36-29-19-25(23-9-7-6-8-10-23)18-24-15-16-35(5)33(31(24)29)30(21)32(27)36/h11-19,23H,6-10,20H2,1-5H3/q+1. The number of hydrogen-bond donors (Lipinski definition) is 0. The molecule has 1 aliphatic rings. The third-order valence-corrected chi connectivity index (χ3v) is 8.73. The van der Waals surface area contributed by atoms with E-state index in [1.807, 2.05) is 0 Å². The van der Waals surface area contributed by atoms with E-state index >= 15 is 0 Å². The number of aryl methyl sites for hydroxylation is 2. The summed E-state index contributed by atoms with van der Waals surface area (Å²) in [6.07, 6.45) is 10.1. The summed E-state index contributed by atoms with van der Waals surface area (Å²) in [6.45, 7) is 9.29. The van der Waals surface area contributed by atoms with Crippen LogP contribution < -0.4 is 4.57 Å². The molecular formula is C34H37N2+. The summed E-state index contributed by atoms with van der Waals surface area (Å²) >= 11 is 0. The highest BCUT2D eigenvalue weighted by Crippen LogP contribution is 2.43. The molecule has 0 amide bonds. The van der Waals surface area contributed by atoms with Gasteiger partial charge in [0.05, 0.1) is 27.3 Å². The summed E-state index contributed by atoms with van der Waals surface area (Å²) in [5, 5.41) is 6.93. The molecule has 0 N–H and O–H groups in total. The monoisotopic (exact) mass is 473 g/mol. The maximum absolute atomic E-state index is 2.63. The molecule has 3 heterocycles. The second-order valence-corrected chi connectivity index (χ2v) is 12.7. The first-order chi connectivity index (χ1) is 17.3. The van der Waals surface area contributed by atoms with Crippen molar-refractivity contribution < 1.29 is 4.57 Å². The first kappa shape index (κ1) is 22.1. The average molecular weight is 474 g/mol. The van der Waals surface area contributed by atoms with Crippen molar-refractivity contribution in [2.75, 3.05) is 0 Å². The minimum Gasteiger partial charge on any atom is -0.307 e. The van der Waals surface area contributed by atoms with Crippen LogP contribution >= 0.6 is 0 Å². The highest BCUT2D eigenvalue weighted by molar-refractivity contribution is 6.25. The molecule has 6 aromatic rings. The second-order valence-electron chi connectivity index (χ2n) is 12.7. The summed E-state index contributed by atoms with van der Waals surface area (Å²) in [4.78, 5) is 0. The number of fused-ring (bicyclic) bond motifs is 5. The lowest BCUT2D eigenvalue weighted by molar-refractivity contribution is -0.643. The van der Waals surface area contributed by atoms with E-state index in [0.29, 0.717) is 5.92 Å². The molecule has 1 fully saturated rings. The van der Waals surface area contributed by atoms with Crippen molar-refractivity contribution >= 4 is 49.0 Å². The van der Waals surface area contributed by atoms with E-state index in [-0.39, 0.29) is 5.41 Å². The van der Waals surface area contributed by atoms with E-state index in [1.54, 1.807) is 0 Å². The third kappa shape index (κ3) is 3.19. The van der Waals surface area contributed by atoms with Gasteiger partial charge in [0.1, 0.15) is 7.05 Å². The Kier molecular flexibility index (Phi) is 4.72. The van der Waals surface area contributed by atoms with Gasteiger partial charge in [0.25, 0.3) is 0 Å². The lowest BCUT2D eigenvalue weighted by Gasteiger charge is -2.23. The Morgan fingerprint density at radius 1 is 0.861 bits per heavy atom. The predicted molar refractivity (Wildman–Crippen MR) is 154 cm³/mol. The molecule has 1 aliphatic carbocycles. The van der Waals surface area contributed by atoms with Gasteiger partial charge in [-0.1, -0.05) is 70.4 Å². The smallest absolute Gasteiger partial charge is 0.224 e. The fourth-order valence-electron chi connectivity index (χ4n) is 7.18. The second kappa shape index (κ2) is 7.68. The van der Waals surface area contributed by atoms with Crippen molar-refractivity contribution in [1.29, 1.82) is 0 Å². The summed E-state index contributed by atoms with van der Waals surface area (Å²) < 4.78 is 4.97. The molecular weight excluding hydrogens is 436 g/mol. The molecule has 0 radical (unpaired) electrons. The van der Waals surface area contributed by atoms with Crippen LogP contribution in [-0.2, 0) is 13.5 Å². The van der Waals surface area contributed by atoms with Gasteiger partial charge in [0.15, 0.2) is 6.20 Å². The van der Waals surface area contributed by atoms with Gasteiger partial charge in [-0.05, 0) is 71.7 Å². The van der Waals surface area contributed by atoms with Crippen LogP contribution in [0.3, 0.4) is 0 Å². The maximum Gasteiger partial charge on any atom is 0.224 e. The van der Waals surface area contributed by atoms with Crippen LogP contribution in [0.5, 0.6) is 0 Å². The van der Waals surface area contributed by atoms with E-state index in [1.165, 1.54) is 97.8 Å². The minimum atomic E-state index is 0.262. The van der Waals surface area contributed by atoms with E-state index in [2.05, 4.69) is 98.4 Å². The molecule has 3 aromatic carbocycles. The number of benzene rings is 3. The Bertz CT molecular complexity index is 1790. The van der Waals surface area contributed by atoms with Gasteiger partial charge in [-0.15, -0.1) is 0 Å². The van der Waals surface area contributed by atoms with Crippen LogP contribution in [-0.4, -0.2) is 4.40 Å². The number of rotatable bonds is 2. The SMILES string of the molecule is Cc1ccc2c3ccc(CC(C)(C)C)cc3n3c4cc(C5CCCCC5)cc5cc[n+](C)c(c1c23)c54. The molecule has 1 saturated carbocycles. The van der Waals surface area contributed by atoms with Crippen molar-refractivity contribution in [2.24, 2.45) is 12.5 Å². The minimum absolute atomic E-state index is 0.262. The molecule has 0 spiro atoms. The summed E-state index contributed by atoms with van der Waals surface area (Å²) in [5.74, 6) is 0.685. The zero-order valence-electron chi connectivity index (χ0n) is 22.4. The van der Waals surface area contributed by atoms with Crippen molar-refractivity contribution in [1.82, 2.24) is 4.40 Å². The van der Waals surface area contributed by atoms with Crippen LogP contribution in [0.4, 0.5) is 0 Å². The van der Waals surface area contributed by atoms with E-state index in [9.17, 15) is 0 Å². The Morgan fingerprint density at radius 2 is 1.64 bits per heavy atom. The van der Waals surface area contributed by atoms with Gasteiger partial charge in [0.2, 0.25) is 5.52 Å². The van der Waals surface area contributed by atoms with Gasteiger partial charge in [0, 0.05) is 16.8 Å². The Morgan fingerprint density at radius 3 is 2.42 bits per heavy atom. The molecule has 36 heavy (non-hydrogen) atoms. The zero-order chi connectivity index (χ0) is 24.8. The van der Waals surface area contributed by atoms with E-state index in [4.69, 9.17) is 0 Å². The highest BCUT2D eigenvalue weighted by atomic mass is 15.0. The van der Waals surface area contributed by atoms with Crippen LogP contribution in [0, 0.1) is 12.3 Å². The number of hydrogen-bond acceptors (Lipinski definition) is 0. The number of aromatic nitrogens is 2. The quantitative estimate of drug-likeness (QED) is 0.135. The topological polar surface area (TPSA) is 8.29 Å². The lowest BCUT2D eigenvalue weighted by Crippen LogP contribution is -2.29. The maximum atomic E-state index is 2.63. The first-order valence-electron chi connectivity index (χ1n) is 13.8. The van der Waals surface area contributed by atoms with Crippen LogP contribution in [0.2, 0.25) is 0 Å². The van der Waals surface area contributed by atoms with Gasteiger partial charge in [-0.25, -0.2) is 4.57 Å². The molecule has 0 atom stereocenters. The largest absolute Gasteiger partial charge is 0.307 e. The molecule has 0 saturated heterocycles. The molecule has 3 aromatic heterocycles. The van der Waals surface area contributed by atoms with E-state index < -0.39 is 0 Å². The highest BCUT2D eigenvalue weighted by Gasteiger charge is 2.26. The predicted octanol–water partition coefficient (Wildman–Crippen LogP) is 8.76. The Labute approximate surface area is 213 Å². The Balaban J connectivity index is 1.69. The average Bonchev–Trinajstić information content (AvgIpc) is 3.18.